The second kappa shape index (κ2) is 5.17. The molecule has 0 amide bonds. The van der Waals surface area contributed by atoms with Crippen LogP contribution in [0.2, 0.25) is 0 Å². The van der Waals surface area contributed by atoms with Crippen molar-refractivity contribution in [2.75, 3.05) is 0 Å². The van der Waals surface area contributed by atoms with E-state index in [0.717, 1.165) is 16.9 Å². The van der Waals surface area contributed by atoms with Gasteiger partial charge in [-0.25, -0.2) is 9.78 Å². The van der Waals surface area contributed by atoms with E-state index in [-0.39, 0.29) is 11.1 Å². The number of thiophene rings is 1. The first-order chi connectivity index (χ1) is 11.1. The Kier molecular flexibility index (Phi) is 3.12. The quantitative estimate of drug-likeness (QED) is 0.786. The third-order valence-corrected chi connectivity index (χ3v) is 4.77. The van der Waals surface area contributed by atoms with E-state index in [9.17, 15) is 9.59 Å². The Bertz CT molecular complexity index is 1020. The minimum atomic E-state index is -1.02. The number of aromatic nitrogens is 2. The van der Waals surface area contributed by atoms with Crippen molar-refractivity contribution in [2.24, 2.45) is 0 Å². The summed E-state index contributed by atoms with van der Waals surface area (Å²) in [4.78, 5) is 29.4. The topological polar surface area (TPSA) is 72.2 Å². The minimum absolute atomic E-state index is 0.114. The average Bonchev–Trinajstić information content (AvgIpc) is 3.18. The molecule has 0 atom stereocenters. The van der Waals surface area contributed by atoms with Crippen molar-refractivity contribution in [1.82, 2.24) is 9.55 Å². The molecule has 0 bridgehead atoms. The molecule has 114 valence electrons. The summed E-state index contributed by atoms with van der Waals surface area (Å²) in [5.41, 5.74) is 1.46. The highest BCUT2D eigenvalue weighted by atomic mass is 32.1. The maximum absolute atomic E-state index is 12.6. The van der Waals surface area contributed by atoms with Crippen molar-refractivity contribution in [3.8, 4) is 0 Å². The van der Waals surface area contributed by atoms with Gasteiger partial charge in [0.15, 0.2) is 0 Å². The van der Waals surface area contributed by atoms with E-state index in [1.807, 2.05) is 23.6 Å². The lowest BCUT2D eigenvalue weighted by atomic mass is 10.1. The van der Waals surface area contributed by atoms with Gasteiger partial charge in [-0.3, -0.25) is 9.36 Å². The molecule has 1 N–H and O–H groups in total. The van der Waals surface area contributed by atoms with Crippen LogP contribution >= 0.6 is 11.3 Å². The molecule has 0 fully saturated rings. The van der Waals surface area contributed by atoms with E-state index in [1.165, 1.54) is 12.1 Å². The highest BCUT2D eigenvalue weighted by molar-refractivity contribution is 7.10. The van der Waals surface area contributed by atoms with Crippen LogP contribution in [0.5, 0.6) is 0 Å². The Morgan fingerprint density at radius 3 is 2.96 bits per heavy atom. The average molecular weight is 324 g/mol. The van der Waals surface area contributed by atoms with E-state index >= 15 is 0 Å². The van der Waals surface area contributed by atoms with Crippen molar-refractivity contribution >= 4 is 39.9 Å². The number of fused-ring (bicyclic) bond motifs is 2. The number of carbonyl (C=O) groups is 1. The van der Waals surface area contributed by atoms with Crippen LogP contribution in [0.4, 0.5) is 0 Å². The van der Waals surface area contributed by atoms with Crippen LogP contribution in [0.3, 0.4) is 0 Å². The van der Waals surface area contributed by atoms with E-state index in [4.69, 9.17) is 5.11 Å². The first-order valence-corrected chi connectivity index (χ1v) is 8.04. The number of hydrogen-bond acceptors (Lipinski definition) is 4. The Morgan fingerprint density at radius 1 is 1.35 bits per heavy atom. The van der Waals surface area contributed by atoms with Crippen molar-refractivity contribution in [3.63, 3.8) is 0 Å². The molecule has 3 heterocycles. The molecular formula is C17H12N2O3S. The third kappa shape index (κ3) is 2.27. The van der Waals surface area contributed by atoms with Crippen LogP contribution in [0.25, 0.3) is 22.6 Å². The standard InChI is InChI=1S/C17H12N2O3S/c20-16-13-4-3-11(17(21)22)9-14(13)18-15-10(5-6-19(15)16)8-12-2-1-7-23-12/h1-4,7-9H,5-6H2,(H,21,22)/b10-8+. The fourth-order valence-electron chi connectivity index (χ4n) is 2.83. The van der Waals surface area contributed by atoms with Crippen LogP contribution in [-0.2, 0) is 6.54 Å². The lowest BCUT2D eigenvalue weighted by Crippen LogP contribution is -2.20. The molecule has 1 aromatic carbocycles. The monoisotopic (exact) mass is 324 g/mol. The first-order valence-electron chi connectivity index (χ1n) is 7.16. The Balaban J connectivity index is 1.94. The summed E-state index contributed by atoms with van der Waals surface area (Å²) >= 11 is 1.63. The number of aromatic carboxylic acids is 1. The van der Waals surface area contributed by atoms with Gasteiger partial charge >= 0.3 is 5.97 Å². The molecule has 0 unspecified atom stereocenters. The molecule has 0 radical (unpaired) electrons. The molecule has 4 rings (SSSR count). The number of allylic oxidation sites excluding steroid dienone is 1. The summed E-state index contributed by atoms with van der Waals surface area (Å²) in [6.07, 6.45) is 2.80. The van der Waals surface area contributed by atoms with Gasteiger partial charge < -0.3 is 5.11 Å². The summed E-state index contributed by atoms with van der Waals surface area (Å²) in [5.74, 6) is -0.387. The SMILES string of the molecule is O=C(O)c1ccc2c(=O)n3c(nc2c1)/C(=C/c1cccs1)CC3. The smallest absolute Gasteiger partial charge is 0.335 e. The van der Waals surface area contributed by atoms with Gasteiger partial charge in [0.05, 0.1) is 16.5 Å². The number of hydrogen-bond donors (Lipinski definition) is 1. The Hall–Kier alpha value is -2.73. The van der Waals surface area contributed by atoms with E-state index in [2.05, 4.69) is 4.98 Å². The van der Waals surface area contributed by atoms with Crippen LogP contribution in [0.1, 0.15) is 27.5 Å². The summed E-state index contributed by atoms with van der Waals surface area (Å²) in [5, 5.41) is 11.6. The molecule has 1 aliphatic rings. The molecule has 0 saturated heterocycles. The zero-order valence-electron chi connectivity index (χ0n) is 12.0. The first kappa shape index (κ1) is 13.9. The molecule has 2 aromatic heterocycles. The fourth-order valence-corrected chi connectivity index (χ4v) is 3.51. The summed E-state index contributed by atoms with van der Waals surface area (Å²) in [6, 6.07) is 8.44. The molecule has 0 saturated carbocycles. The summed E-state index contributed by atoms with van der Waals surface area (Å²) < 4.78 is 1.67. The van der Waals surface area contributed by atoms with Gasteiger partial charge in [-0.1, -0.05) is 6.07 Å². The van der Waals surface area contributed by atoms with Crippen LogP contribution in [0, 0.1) is 0 Å². The zero-order chi connectivity index (χ0) is 16.0. The molecule has 6 heteroatoms. The van der Waals surface area contributed by atoms with E-state index < -0.39 is 5.97 Å². The normalized spacial score (nSPS) is 15.2. The maximum atomic E-state index is 12.6. The molecule has 1 aliphatic heterocycles. The van der Waals surface area contributed by atoms with Gasteiger partial charge in [0.25, 0.3) is 5.56 Å². The zero-order valence-corrected chi connectivity index (χ0v) is 12.8. The number of carboxylic acids is 1. The van der Waals surface area contributed by atoms with E-state index in [1.54, 1.807) is 22.0 Å². The number of benzene rings is 1. The number of carboxylic acid groups (broad SMARTS) is 1. The van der Waals surface area contributed by atoms with Gasteiger partial charge in [-0.2, -0.15) is 0 Å². The highest BCUT2D eigenvalue weighted by Crippen LogP contribution is 2.28. The lowest BCUT2D eigenvalue weighted by Gasteiger charge is -2.06. The molecule has 5 nitrogen and oxygen atoms in total. The predicted molar refractivity (Wildman–Crippen MR) is 89.8 cm³/mol. The number of rotatable bonds is 2. The second-order valence-electron chi connectivity index (χ2n) is 5.36. The van der Waals surface area contributed by atoms with Crippen LogP contribution < -0.4 is 5.56 Å². The van der Waals surface area contributed by atoms with Gasteiger partial charge in [0.2, 0.25) is 0 Å². The van der Waals surface area contributed by atoms with Crippen LogP contribution in [0.15, 0.2) is 40.5 Å². The Labute approximate surface area is 135 Å². The molecule has 0 spiro atoms. The maximum Gasteiger partial charge on any atom is 0.335 e. The second-order valence-corrected chi connectivity index (χ2v) is 6.34. The van der Waals surface area contributed by atoms with Crippen LogP contribution in [-0.4, -0.2) is 20.6 Å². The lowest BCUT2D eigenvalue weighted by molar-refractivity contribution is 0.0697. The molecule has 3 aromatic rings. The van der Waals surface area contributed by atoms with Crippen molar-refractivity contribution < 1.29 is 9.90 Å². The van der Waals surface area contributed by atoms with Gasteiger partial charge in [-0.15, -0.1) is 11.3 Å². The minimum Gasteiger partial charge on any atom is -0.478 e. The van der Waals surface area contributed by atoms with Crippen molar-refractivity contribution in [1.29, 1.82) is 0 Å². The Morgan fingerprint density at radius 2 is 2.22 bits per heavy atom. The van der Waals surface area contributed by atoms with Gasteiger partial charge in [-0.05, 0) is 47.7 Å². The van der Waals surface area contributed by atoms with E-state index in [0.29, 0.717) is 23.3 Å². The van der Waals surface area contributed by atoms with Crippen molar-refractivity contribution in [2.45, 2.75) is 13.0 Å². The number of nitrogens with zero attached hydrogens (tertiary/aromatic N) is 2. The highest BCUT2D eigenvalue weighted by Gasteiger charge is 2.21. The molecule has 23 heavy (non-hydrogen) atoms. The molecular weight excluding hydrogens is 312 g/mol. The van der Waals surface area contributed by atoms with Gasteiger partial charge in [0.1, 0.15) is 5.82 Å². The largest absolute Gasteiger partial charge is 0.478 e. The van der Waals surface area contributed by atoms with Crippen molar-refractivity contribution in [3.05, 3.63) is 62.3 Å². The fraction of sp³-hybridized carbons (Fsp3) is 0.118. The summed E-state index contributed by atoms with van der Waals surface area (Å²) in [7, 11) is 0. The summed E-state index contributed by atoms with van der Waals surface area (Å²) in [6.45, 7) is 0.606. The molecule has 0 aliphatic carbocycles. The third-order valence-electron chi connectivity index (χ3n) is 3.95. The predicted octanol–water partition coefficient (Wildman–Crippen LogP) is 3.10. The van der Waals surface area contributed by atoms with Gasteiger partial charge in [0, 0.05) is 11.4 Å².